The fourth-order valence-electron chi connectivity index (χ4n) is 1.78. The molecule has 118 valence electrons. The van der Waals surface area contributed by atoms with E-state index in [0.29, 0.717) is 17.9 Å². The third-order valence-electron chi connectivity index (χ3n) is 2.86. The van der Waals surface area contributed by atoms with Crippen LogP contribution in [0.5, 0.6) is 0 Å². The van der Waals surface area contributed by atoms with Crippen LogP contribution in [0, 0.1) is 0 Å². The molecular weight excluding hydrogens is 316 g/mol. The van der Waals surface area contributed by atoms with E-state index in [1.807, 2.05) is 0 Å². The summed E-state index contributed by atoms with van der Waals surface area (Å²) in [7, 11) is 0. The lowest BCUT2D eigenvalue weighted by atomic mass is 10.2. The van der Waals surface area contributed by atoms with Gasteiger partial charge >= 0.3 is 5.97 Å². The zero-order valence-electron chi connectivity index (χ0n) is 12.5. The highest BCUT2D eigenvalue weighted by Crippen LogP contribution is 2.13. The van der Waals surface area contributed by atoms with E-state index in [4.69, 9.17) is 16.3 Å². The monoisotopic (exact) mass is 330 g/mol. The zero-order chi connectivity index (χ0) is 16.7. The number of nitrogens with zero attached hydrogens (tertiary/aromatic N) is 1. The van der Waals surface area contributed by atoms with Gasteiger partial charge in [0.25, 0.3) is 5.91 Å². The molecule has 0 unspecified atom stereocenters. The molecule has 1 heterocycles. The molecule has 0 atom stereocenters. The molecule has 5 nitrogen and oxygen atoms in total. The fourth-order valence-corrected chi connectivity index (χ4v) is 1.95. The van der Waals surface area contributed by atoms with Crippen molar-refractivity contribution in [1.29, 1.82) is 0 Å². The number of carbonyl (C=O) groups is 2. The van der Waals surface area contributed by atoms with Crippen molar-refractivity contribution in [3.05, 3.63) is 65.0 Å². The van der Waals surface area contributed by atoms with Gasteiger partial charge in [0.1, 0.15) is 5.15 Å². The van der Waals surface area contributed by atoms with E-state index in [2.05, 4.69) is 10.3 Å². The molecule has 1 aromatic carbocycles. The van der Waals surface area contributed by atoms with Crippen molar-refractivity contribution in [3.63, 3.8) is 0 Å². The van der Waals surface area contributed by atoms with Crippen LogP contribution >= 0.6 is 11.6 Å². The maximum atomic E-state index is 12.1. The number of amides is 1. The van der Waals surface area contributed by atoms with Crippen molar-refractivity contribution < 1.29 is 14.3 Å². The van der Waals surface area contributed by atoms with Crippen LogP contribution in [0.15, 0.2) is 48.7 Å². The van der Waals surface area contributed by atoms with Gasteiger partial charge in [-0.25, -0.2) is 9.78 Å². The van der Waals surface area contributed by atoms with Crippen LogP contribution in [0.4, 0.5) is 5.69 Å². The highest BCUT2D eigenvalue weighted by atomic mass is 35.5. The maximum Gasteiger partial charge on any atom is 0.330 e. The number of esters is 1. The molecule has 0 saturated heterocycles. The minimum atomic E-state index is -0.389. The van der Waals surface area contributed by atoms with Gasteiger partial charge in [-0.1, -0.05) is 23.7 Å². The van der Waals surface area contributed by atoms with Crippen molar-refractivity contribution in [2.75, 3.05) is 11.9 Å². The molecular formula is C17H15ClN2O3. The van der Waals surface area contributed by atoms with Crippen molar-refractivity contribution in [3.8, 4) is 0 Å². The van der Waals surface area contributed by atoms with Gasteiger partial charge in [-0.05, 0) is 42.8 Å². The maximum absolute atomic E-state index is 12.1. The second kappa shape index (κ2) is 8.10. The van der Waals surface area contributed by atoms with Crippen molar-refractivity contribution in [2.24, 2.45) is 0 Å². The number of nitrogens with one attached hydrogen (secondary N) is 1. The quantitative estimate of drug-likeness (QED) is 0.517. The predicted molar refractivity (Wildman–Crippen MR) is 89.3 cm³/mol. The molecule has 6 heteroatoms. The van der Waals surface area contributed by atoms with Gasteiger partial charge in [-0.2, -0.15) is 0 Å². The Morgan fingerprint density at radius 2 is 2.00 bits per heavy atom. The molecule has 2 aromatic rings. The first-order valence-corrected chi connectivity index (χ1v) is 7.34. The number of benzene rings is 1. The number of rotatable bonds is 5. The normalized spacial score (nSPS) is 10.5. The molecule has 0 aliphatic heterocycles. The summed E-state index contributed by atoms with van der Waals surface area (Å²) in [5.41, 5.74) is 1.88. The topological polar surface area (TPSA) is 68.3 Å². The van der Waals surface area contributed by atoms with E-state index < -0.39 is 0 Å². The lowest BCUT2D eigenvalue weighted by Crippen LogP contribution is -2.11. The highest BCUT2D eigenvalue weighted by molar-refractivity contribution is 6.29. The van der Waals surface area contributed by atoms with Gasteiger partial charge in [0.15, 0.2) is 0 Å². The average Bonchev–Trinajstić information content (AvgIpc) is 2.54. The molecule has 23 heavy (non-hydrogen) atoms. The number of hydrogen-bond acceptors (Lipinski definition) is 4. The number of aromatic nitrogens is 1. The number of halogens is 1. The van der Waals surface area contributed by atoms with Crippen LogP contribution in [0.25, 0.3) is 6.08 Å². The third-order valence-corrected chi connectivity index (χ3v) is 3.06. The molecule has 0 saturated carbocycles. The summed E-state index contributed by atoms with van der Waals surface area (Å²) in [6, 6.07) is 10.1. The molecule has 1 amide bonds. The molecule has 2 rings (SSSR count). The molecule has 0 aliphatic carbocycles. The Hall–Kier alpha value is -2.66. The summed E-state index contributed by atoms with van der Waals surface area (Å²) in [5.74, 6) is -0.663. The predicted octanol–water partition coefficient (Wildman–Crippen LogP) is 3.56. The van der Waals surface area contributed by atoms with Crippen LogP contribution in [-0.4, -0.2) is 23.5 Å². The SMILES string of the molecule is CCOC(=O)/C=C/c1ccc(NC(=O)c2ccnc(Cl)c2)cc1. The van der Waals surface area contributed by atoms with Crippen molar-refractivity contribution in [1.82, 2.24) is 4.98 Å². The van der Waals surface area contributed by atoms with E-state index in [1.54, 1.807) is 43.3 Å². The molecule has 0 bridgehead atoms. The van der Waals surface area contributed by atoms with Gasteiger partial charge in [-0.15, -0.1) is 0 Å². The Morgan fingerprint density at radius 1 is 1.26 bits per heavy atom. The molecule has 0 aliphatic rings. The lowest BCUT2D eigenvalue weighted by Gasteiger charge is -2.05. The number of anilines is 1. The van der Waals surface area contributed by atoms with E-state index in [1.165, 1.54) is 18.3 Å². The van der Waals surface area contributed by atoms with Gasteiger partial charge in [0.05, 0.1) is 6.61 Å². The molecule has 0 spiro atoms. The summed E-state index contributed by atoms with van der Waals surface area (Å²) in [5, 5.41) is 3.02. The fraction of sp³-hybridized carbons (Fsp3) is 0.118. The minimum absolute atomic E-state index is 0.261. The second-order valence-corrected chi connectivity index (χ2v) is 4.92. The Balaban J connectivity index is 2.00. The first kappa shape index (κ1) is 16.7. The number of hydrogen-bond donors (Lipinski definition) is 1. The van der Waals surface area contributed by atoms with Crippen LogP contribution in [0.2, 0.25) is 5.15 Å². The van der Waals surface area contributed by atoms with E-state index >= 15 is 0 Å². The Morgan fingerprint density at radius 3 is 2.65 bits per heavy atom. The first-order valence-electron chi connectivity index (χ1n) is 6.96. The number of ether oxygens (including phenoxy) is 1. The van der Waals surface area contributed by atoms with Crippen LogP contribution in [-0.2, 0) is 9.53 Å². The zero-order valence-corrected chi connectivity index (χ0v) is 13.2. The second-order valence-electron chi connectivity index (χ2n) is 4.53. The molecule has 1 N–H and O–H groups in total. The highest BCUT2D eigenvalue weighted by Gasteiger charge is 2.06. The van der Waals surface area contributed by atoms with E-state index in [-0.39, 0.29) is 17.0 Å². The van der Waals surface area contributed by atoms with Crippen LogP contribution < -0.4 is 5.32 Å². The van der Waals surface area contributed by atoms with Gasteiger partial charge in [0.2, 0.25) is 0 Å². The lowest BCUT2D eigenvalue weighted by molar-refractivity contribution is -0.137. The third kappa shape index (κ3) is 5.23. The number of carbonyl (C=O) groups excluding carboxylic acids is 2. The smallest absolute Gasteiger partial charge is 0.330 e. The van der Waals surface area contributed by atoms with Gasteiger partial charge in [-0.3, -0.25) is 4.79 Å². The van der Waals surface area contributed by atoms with Crippen LogP contribution in [0.1, 0.15) is 22.8 Å². The summed E-state index contributed by atoms with van der Waals surface area (Å²) < 4.78 is 4.80. The first-order chi connectivity index (χ1) is 11.1. The van der Waals surface area contributed by atoms with Gasteiger partial charge in [0, 0.05) is 23.5 Å². The van der Waals surface area contributed by atoms with E-state index in [9.17, 15) is 9.59 Å². The largest absolute Gasteiger partial charge is 0.463 e. The Kier molecular flexibility index (Phi) is 5.88. The standard InChI is InChI=1S/C17H15ClN2O3/c1-2-23-16(21)8-5-12-3-6-14(7-4-12)20-17(22)13-9-10-19-15(18)11-13/h3-11H,2H2,1H3,(H,20,22)/b8-5+. The van der Waals surface area contributed by atoms with Crippen molar-refractivity contribution in [2.45, 2.75) is 6.92 Å². The summed E-state index contributed by atoms with van der Waals surface area (Å²) in [6.07, 6.45) is 4.48. The Bertz CT molecular complexity index is 727. The van der Waals surface area contributed by atoms with Crippen LogP contribution in [0.3, 0.4) is 0 Å². The molecule has 0 radical (unpaired) electrons. The average molecular weight is 331 g/mol. The minimum Gasteiger partial charge on any atom is -0.463 e. The summed E-state index contributed by atoms with van der Waals surface area (Å²) in [6.45, 7) is 2.09. The van der Waals surface area contributed by atoms with E-state index in [0.717, 1.165) is 5.56 Å². The number of pyridine rings is 1. The van der Waals surface area contributed by atoms with Gasteiger partial charge < -0.3 is 10.1 Å². The van der Waals surface area contributed by atoms with Crippen molar-refractivity contribution >= 4 is 35.2 Å². The molecule has 1 aromatic heterocycles. The Labute approximate surface area is 138 Å². The molecule has 0 fully saturated rings. The summed E-state index contributed by atoms with van der Waals surface area (Å²) in [4.78, 5) is 27.1. The summed E-state index contributed by atoms with van der Waals surface area (Å²) >= 11 is 5.76.